The summed E-state index contributed by atoms with van der Waals surface area (Å²) >= 11 is 6.48. The molecule has 3 aromatic rings. The van der Waals surface area contributed by atoms with Crippen LogP contribution in [0.1, 0.15) is 27.8 Å². The highest BCUT2D eigenvalue weighted by atomic mass is 35.5. The summed E-state index contributed by atoms with van der Waals surface area (Å²) in [6.45, 7) is -0.116. The molecular weight excluding hydrogens is 542 g/mol. The summed E-state index contributed by atoms with van der Waals surface area (Å²) in [5.74, 6) is -3.87. The third kappa shape index (κ3) is 5.21. The van der Waals surface area contributed by atoms with E-state index in [0.717, 1.165) is 14.2 Å². The van der Waals surface area contributed by atoms with Crippen LogP contribution in [0.3, 0.4) is 0 Å². The average molecular weight is 564 g/mol. The van der Waals surface area contributed by atoms with E-state index >= 15 is 0 Å². The number of benzene rings is 2. The fourth-order valence-electron chi connectivity index (χ4n) is 4.25. The van der Waals surface area contributed by atoms with Crippen molar-refractivity contribution in [3.63, 3.8) is 0 Å². The van der Waals surface area contributed by atoms with E-state index in [1.54, 1.807) is 30.3 Å². The van der Waals surface area contributed by atoms with Crippen molar-refractivity contribution in [2.75, 3.05) is 19.1 Å². The molecule has 3 N–H and O–H groups in total. The molecule has 11 nitrogen and oxygen atoms in total. The Balaban J connectivity index is 1.80. The molecule has 0 radical (unpaired) electrons. The zero-order valence-electron chi connectivity index (χ0n) is 21.2. The number of carboxylic acid groups (broad SMARTS) is 1. The Morgan fingerprint density at radius 3 is 2.35 bits per heavy atom. The van der Waals surface area contributed by atoms with E-state index in [1.807, 2.05) is 0 Å². The normalized spacial score (nSPS) is 14.9. The number of allylic oxidation sites excluding steroid dienone is 1. The van der Waals surface area contributed by atoms with Gasteiger partial charge in [0.05, 0.1) is 42.4 Å². The van der Waals surface area contributed by atoms with Gasteiger partial charge in [0.15, 0.2) is 0 Å². The number of nitrogens with two attached hydrogens (primary N) is 1. The molecule has 0 amide bonds. The summed E-state index contributed by atoms with van der Waals surface area (Å²) in [7, 11) is 2.31. The van der Waals surface area contributed by atoms with Crippen LogP contribution in [0.15, 0.2) is 87.7 Å². The van der Waals surface area contributed by atoms with Crippen molar-refractivity contribution in [2.45, 2.75) is 12.5 Å². The molecule has 2 aromatic carbocycles. The van der Waals surface area contributed by atoms with Gasteiger partial charge in [0.1, 0.15) is 29.6 Å². The van der Waals surface area contributed by atoms with Gasteiger partial charge in [-0.3, -0.25) is 4.90 Å². The number of carbonyl (C=O) groups excluding carboxylic acids is 2. The summed E-state index contributed by atoms with van der Waals surface area (Å²) in [6.07, 6.45) is 0. The lowest BCUT2D eigenvalue weighted by atomic mass is 9.81. The summed E-state index contributed by atoms with van der Waals surface area (Å²) < 4.78 is 20.9. The van der Waals surface area contributed by atoms with Crippen LogP contribution in [-0.4, -0.2) is 37.2 Å². The second-order valence-electron chi connectivity index (χ2n) is 8.31. The minimum atomic E-state index is -1.21. The van der Waals surface area contributed by atoms with E-state index in [2.05, 4.69) is 6.07 Å². The Labute approximate surface area is 233 Å². The number of furan rings is 1. The maximum absolute atomic E-state index is 13.2. The van der Waals surface area contributed by atoms with Gasteiger partial charge in [0.25, 0.3) is 0 Å². The third-order valence-corrected chi connectivity index (χ3v) is 6.32. The highest BCUT2D eigenvalue weighted by molar-refractivity contribution is 6.32. The number of nitrogens with zero attached hydrogens (tertiary/aromatic N) is 2. The number of anilines is 1. The standard InChI is InChI=1S/C28H22ClN3O8/c1-37-27(35)23-22(15-6-4-3-5-7-15)18(13-30)25(31)32(24(23)28(36)38-2)16-8-10-20(19(29)12-16)39-14-17-9-11-21(40-17)26(33)34/h3-12,22H,14,31H2,1-2H3,(H,33,34). The van der Waals surface area contributed by atoms with Crippen LogP contribution in [0.4, 0.5) is 5.69 Å². The summed E-state index contributed by atoms with van der Waals surface area (Å²) in [6, 6.07) is 17.9. The fourth-order valence-corrected chi connectivity index (χ4v) is 4.48. The predicted octanol–water partition coefficient (Wildman–Crippen LogP) is 4.11. The molecule has 1 aliphatic heterocycles. The first-order valence-corrected chi connectivity index (χ1v) is 12.0. The number of halogens is 1. The number of carboxylic acids is 1. The van der Waals surface area contributed by atoms with Crippen LogP contribution in [0.25, 0.3) is 0 Å². The number of ether oxygens (including phenoxy) is 3. The molecule has 0 saturated heterocycles. The quantitative estimate of drug-likeness (QED) is 0.379. The van der Waals surface area contributed by atoms with Crippen LogP contribution in [-0.2, 0) is 25.7 Å². The summed E-state index contributed by atoms with van der Waals surface area (Å²) in [5, 5.41) is 19.2. The Kier molecular flexibility index (Phi) is 8.12. The fraction of sp³-hybridized carbons (Fsp3) is 0.143. The van der Waals surface area contributed by atoms with Gasteiger partial charge in [-0.15, -0.1) is 0 Å². The first-order valence-electron chi connectivity index (χ1n) is 11.6. The molecule has 0 bridgehead atoms. The van der Waals surface area contributed by atoms with Crippen LogP contribution >= 0.6 is 11.6 Å². The SMILES string of the molecule is COC(=O)C1=C(C(=O)OC)N(c2ccc(OCc3ccc(C(=O)O)o3)c(Cl)c2)C(N)=C(C#N)C1c1ccccc1. The lowest BCUT2D eigenvalue weighted by Gasteiger charge is -2.36. The molecule has 1 aromatic heterocycles. The third-order valence-electron chi connectivity index (χ3n) is 6.03. The van der Waals surface area contributed by atoms with Crippen LogP contribution in [0.2, 0.25) is 5.02 Å². The maximum atomic E-state index is 13.2. The van der Waals surface area contributed by atoms with E-state index in [4.69, 9.17) is 41.1 Å². The molecule has 204 valence electrons. The van der Waals surface area contributed by atoms with Crippen molar-refractivity contribution < 1.29 is 38.1 Å². The maximum Gasteiger partial charge on any atom is 0.371 e. The van der Waals surface area contributed by atoms with Gasteiger partial charge < -0.3 is 29.5 Å². The lowest BCUT2D eigenvalue weighted by molar-refractivity contribution is -0.139. The number of hydrogen-bond donors (Lipinski definition) is 2. The van der Waals surface area contributed by atoms with E-state index in [-0.39, 0.29) is 57.3 Å². The molecule has 40 heavy (non-hydrogen) atoms. The number of rotatable bonds is 8. The summed E-state index contributed by atoms with van der Waals surface area (Å²) in [5.41, 5.74) is 6.85. The molecule has 2 heterocycles. The molecule has 0 fully saturated rings. The average Bonchev–Trinajstić information content (AvgIpc) is 3.45. The van der Waals surface area contributed by atoms with Crippen molar-refractivity contribution in [3.8, 4) is 11.8 Å². The van der Waals surface area contributed by atoms with Gasteiger partial charge in [0.2, 0.25) is 5.76 Å². The molecule has 0 aliphatic carbocycles. The lowest BCUT2D eigenvalue weighted by Crippen LogP contribution is -2.40. The Morgan fingerprint density at radius 1 is 1.07 bits per heavy atom. The largest absolute Gasteiger partial charge is 0.484 e. The first kappa shape index (κ1) is 27.8. The number of methoxy groups -OCH3 is 2. The molecule has 1 unspecified atom stereocenters. The molecule has 1 atom stereocenters. The Bertz CT molecular complexity index is 1590. The van der Waals surface area contributed by atoms with Crippen molar-refractivity contribution in [3.05, 3.63) is 105 Å². The highest BCUT2D eigenvalue weighted by Gasteiger charge is 2.43. The Hall–Kier alpha value is -5.21. The van der Waals surface area contributed by atoms with Crippen LogP contribution in [0.5, 0.6) is 5.75 Å². The topological polar surface area (TPSA) is 165 Å². The molecule has 12 heteroatoms. The van der Waals surface area contributed by atoms with Gasteiger partial charge in [-0.05, 0) is 35.9 Å². The molecule has 1 aliphatic rings. The van der Waals surface area contributed by atoms with Crippen LogP contribution in [0, 0.1) is 11.3 Å². The van der Waals surface area contributed by atoms with Gasteiger partial charge in [0, 0.05) is 5.69 Å². The number of aromatic carboxylic acids is 1. The zero-order valence-corrected chi connectivity index (χ0v) is 22.0. The van der Waals surface area contributed by atoms with Crippen molar-refractivity contribution in [1.29, 1.82) is 5.26 Å². The van der Waals surface area contributed by atoms with E-state index in [0.29, 0.717) is 5.56 Å². The van der Waals surface area contributed by atoms with Crippen molar-refractivity contribution in [2.24, 2.45) is 5.73 Å². The highest BCUT2D eigenvalue weighted by Crippen LogP contribution is 2.44. The number of hydrogen-bond acceptors (Lipinski definition) is 10. The monoisotopic (exact) mass is 563 g/mol. The first-order chi connectivity index (χ1) is 19.2. The van der Waals surface area contributed by atoms with Gasteiger partial charge in [-0.1, -0.05) is 41.9 Å². The minimum Gasteiger partial charge on any atom is -0.484 e. The van der Waals surface area contributed by atoms with E-state index < -0.39 is 23.8 Å². The second kappa shape index (κ2) is 11.7. The van der Waals surface area contributed by atoms with E-state index in [1.165, 1.54) is 35.2 Å². The van der Waals surface area contributed by atoms with Crippen LogP contribution < -0.4 is 15.4 Å². The second-order valence-corrected chi connectivity index (χ2v) is 8.72. The van der Waals surface area contributed by atoms with Crippen molar-refractivity contribution >= 4 is 35.2 Å². The smallest absolute Gasteiger partial charge is 0.371 e. The number of nitriles is 1. The van der Waals surface area contributed by atoms with E-state index in [9.17, 15) is 19.6 Å². The molecular formula is C28H22ClN3O8. The molecule has 4 rings (SSSR count). The minimum absolute atomic E-state index is 0.00255. The predicted molar refractivity (Wildman–Crippen MR) is 141 cm³/mol. The van der Waals surface area contributed by atoms with Gasteiger partial charge in [-0.2, -0.15) is 5.26 Å². The van der Waals surface area contributed by atoms with Gasteiger partial charge >= 0.3 is 17.9 Å². The number of esters is 2. The van der Waals surface area contributed by atoms with Crippen molar-refractivity contribution in [1.82, 2.24) is 0 Å². The number of carbonyl (C=O) groups is 3. The molecule has 0 saturated carbocycles. The zero-order chi connectivity index (χ0) is 29.0. The Morgan fingerprint density at radius 2 is 1.77 bits per heavy atom. The molecule has 0 spiro atoms. The van der Waals surface area contributed by atoms with Gasteiger partial charge in [-0.25, -0.2) is 14.4 Å². The summed E-state index contributed by atoms with van der Waals surface area (Å²) in [4.78, 5) is 38.5.